The standard InChI is InChI=1S/C10H14N3.ClH.Zn/c1-7-5-9(13(3)4)6-8(2)10(7)12-11;;/h5-6H,1-4H3;1H;/q+1;;+2/p-1. The van der Waals surface area contributed by atoms with E-state index in [9.17, 15) is 0 Å². The van der Waals surface area contributed by atoms with Gasteiger partial charge in [0.1, 0.15) is 0 Å². The van der Waals surface area contributed by atoms with Crippen molar-refractivity contribution in [3.63, 3.8) is 0 Å². The molecule has 0 amide bonds. The van der Waals surface area contributed by atoms with E-state index in [0.717, 1.165) is 16.8 Å². The maximum absolute atomic E-state index is 8.74. The minimum Gasteiger partial charge on any atom is -1.00 e. The van der Waals surface area contributed by atoms with Crippen LogP contribution in [0, 0.1) is 19.2 Å². The van der Waals surface area contributed by atoms with E-state index in [2.05, 4.69) is 4.98 Å². The number of anilines is 1. The Balaban J connectivity index is 0. The van der Waals surface area contributed by atoms with Crippen molar-refractivity contribution in [1.29, 1.82) is 5.39 Å². The van der Waals surface area contributed by atoms with Crippen molar-refractivity contribution in [2.45, 2.75) is 13.8 Å². The summed E-state index contributed by atoms with van der Waals surface area (Å²) in [5, 5.41) is 8.74. The first kappa shape index (κ1) is 16.8. The molecule has 1 aromatic carbocycles. The number of rotatable bonds is 1. The molecule has 3 nitrogen and oxygen atoms in total. The van der Waals surface area contributed by atoms with Crippen LogP contribution < -0.4 is 17.3 Å². The molecule has 0 heterocycles. The zero-order valence-corrected chi connectivity index (χ0v) is 13.3. The van der Waals surface area contributed by atoms with Crippen molar-refractivity contribution >= 4 is 11.4 Å². The summed E-state index contributed by atoms with van der Waals surface area (Å²) in [5.74, 6) is 0. The van der Waals surface area contributed by atoms with Crippen molar-refractivity contribution in [3.05, 3.63) is 28.2 Å². The predicted molar refractivity (Wildman–Crippen MR) is 55.0 cm³/mol. The molecule has 0 aromatic heterocycles. The van der Waals surface area contributed by atoms with Gasteiger partial charge in [-0.2, -0.15) is 0 Å². The van der Waals surface area contributed by atoms with Crippen LogP contribution in [0.4, 0.5) is 11.4 Å². The second kappa shape index (κ2) is 6.77. The molecule has 0 aliphatic rings. The molecule has 1 rings (SSSR count). The van der Waals surface area contributed by atoms with Crippen molar-refractivity contribution < 1.29 is 31.9 Å². The van der Waals surface area contributed by atoms with Gasteiger partial charge < -0.3 is 17.3 Å². The van der Waals surface area contributed by atoms with Gasteiger partial charge in [-0.25, -0.2) is 0 Å². The van der Waals surface area contributed by atoms with E-state index >= 15 is 0 Å². The number of benzene rings is 1. The number of hydrogen-bond donors (Lipinski definition) is 0. The van der Waals surface area contributed by atoms with Gasteiger partial charge in [0.05, 0.1) is 0 Å². The van der Waals surface area contributed by atoms with Gasteiger partial charge >= 0.3 is 25.2 Å². The number of nitrogens with zero attached hydrogens (tertiary/aromatic N) is 3. The summed E-state index contributed by atoms with van der Waals surface area (Å²) in [4.78, 5) is 5.28. The van der Waals surface area contributed by atoms with Gasteiger partial charge in [-0.15, -0.1) is 0 Å². The summed E-state index contributed by atoms with van der Waals surface area (Å²) in [6.07, 6.45) is 0. The normalized spacial score (nSPS) is 8.20. The molecule has 5 heteroatoms. The molecule has 0 saturated carbocycles. The molecular weight excluding hydrogens is 263 g/mol. The van der Waals surface area contributed by atoms with E-state index in [-0.39, 0.29) is 31.9 Å². The largest absolute Gasteiger partial charge is 2.00 e. The summed E-state index contributed by atoms with van der Waals surface area (Å²) in [6.45, 7) is 3.88. The maximum atomic E-state index is 8.74. The Morgan fingerprint density at radius 3 is 1.80 bits per heavy atom. The molecular formula is C10H14ClN3Zn+2. The number of halogens is 1. The third-order valence-electron chi connectivity index (χ3n) is 2.09. The second-order valence-electron chi connectivity index (χ2n) is 3.42. The Morgan fingerprint density at radius 2 is 1.53 bits per heavy atom. The Bertz CT molecular complexity index is 348. The first-order chi connectivity index (χ1) is 6.06. The Hall–Kier alpha value is -0.647. The third kappa shape index (κ3) is 3.77. The monoisotopic (exact) mass is 275 g/mol. The van der Waals surface area contributed by atoms with E-state index < -0.39 is 0 Å². The van der Waals surface area contributed by atoms with Crippen molar-refractivity contribution in [2.24, 2.45) is 0 Å². The molecule has 15 heavy (non-hydrogen) atoms. The van der Waals surface area contributed by atoms with E-state index in [1.165, 1.54) is 0 Å². The van der Waals surface area contributed by atoms with Gasteiger partial charge in [-0.3, -0.25) is 0 Å². The van der Waals surface area contributed by atoms with Gasteiger partial charge in [0.2, 0.25) is 5.39 Å². The Labute approximate surface area is 110 Å². The first-order valence-electron chi connectivity index (χ1n) is 4.20. The Kier molecular flexibility index (Phi) is 7.57. The van der Waals surface area contributed by atoms with Crippen LogP contribution >= 0.6 is 0 Å². The zero-order chi connectivity index (χ0) is 10.0. The topological polar surface area (TPSA) is 31.4 Å². The van der Waals surface area contributed by atoms with E-state index in [1.807, 2.05) is 45.0 Å². The van der Waals surface area contributed by atoms with Crippen molar-refractivity contribution in [2.75, 3.05) is 19.0 Å². The molecule has 0 atom stereocenters. The average molecular weight is 277 g/mol. The van der Waals surface area contributed by atoms with Crippen LogP contribution in [0.5, 0.6) is 0 Å². The number of diazo groups is 1. The number of aryl methyl sites for hydroxylation is 2. The molecule has 0 saturated heterocycles. The molecule has 0 aliphatic carbocycles. The van der Waals surface area contributed by atoms with Crippen molar-refractivity contribution in [3.8, 4) is 0 Å². The maximum Gasteiger partial charge on any atom is 2.00 e. The average Bonchev–Trinajstić information content (AvgIpc) is 2.03. The van der Waals surface area contributed by atoms with Crippen LogP contribution in [0.15, 0.2) is 12.1 Å². The smallest absolute Gasteiger partial charge is 1.00 e. The first-order valence-corrected chi connectivity index (χ1v) is 4.20. The zero-order valence-electron chi connectivity index (χ0n) is 9.58. The summed E-state index contributed by atoms with van der Waals surface area (Å²) in [5.41, 5.74) is 3.78. The van der Waals surface area contributed by atoms with E-state index in [1.54, 1.807) is 0 Å². The quantitative estimate of drug-likeness (QED) is 0.528. The van der Waals surface area contributed by atoms with Gasteiger partial charge in [0.15, 0.2) is 4.98 Å². The van der Waals surface area contributed by atoms with Gasteiger partial charge in [0, 0.05) is 30.9 Å². The van der Waals surface area contributed by atoms with Crippen LogP contribution in [0.25, 0.3) is 4.98 Å². The third-order valence-corrected chi connectivity index (χ3v) is 2.09. The van der Waals surface area contributed by atoms with Crippen LogP contribution in [0.2, 0.25) is 0 Å². The fourth-order valence-corrected chi connectivity index (χ4v) is 1.35. The summed E-state index contributed by atoms with van der Waals surface area (Å²) in [7, 11) is 3.98. The SMILES string of the molecule is Cc1cc(N(C)C)cc(C)c1[N+]#N.[Cl-].[Zn+2]. The molecule has 0 spiro atoms. The van der Waals surface area contributed by atoms with Gasteiger partial charge in [0.25, 0.3) is 0 Å². The van der Waals surface area contributed by atoms with Crippen LogP contribution in [-0.2, 0) is 19.5 Å². The molecule has 0 radical (unpaired) electrons. The summed E-state index contributed by atoms with van der Waals surface area (Å²) < 4.78 is 0. The van der Waals surface area contributed by atoms with Crippen molar-refractivity contribution in [1.82, 2.24) is 0 Å². The molecule has 1 aromatic rings. The Morgan fingerprint density at radius 1 is 1.13 bits per heavy atom. The molecule has 0 unspecified atom stereocenters. The predicted octanol–water partition coefficient (Wildman–Crippen LogP) is -0.144. The van der Waals surface area contributed by atoms with Crippen LogP contribution in [-0.4, -0.2) is 14.1 Å². The van der Waals surface area contributed by atoms with E-state index in [4.69, 9.17) is 5.39 Å². The molecule has 0 fully saturated rings. The molecule has 0 bridgehead atoms. The fourth-order valence-electron chi connectivity index (χ4n) is 1.35. The summed E-state index contributed by atoms with van der Waals surface area (Å²) in [6, 6.07) is 4.00. The minimum atomic E-state index is 0. The van der Waals surface area contributed by atoms with Gasteiger partial charge in [-0.1, -0.05) is 0 Å². The summed E-state index contributed by atoms with van der Waals surface area (Å²) >= 11 is 0. The molecule has 76 valence electrons. The molecule has 0 N–H and O–H groups in total. The fraction of sp³-hybridized carbons (Fsp3) is 0.400. The molecule has 0 aliphatic heterocycles. The van der Waals surface area contributed by atoms with Crippen LogP contribution in [0.1, 0.15) is 11.1 Å². The minimum absolute atomic E-state index is 0. The van der Waals surface area contributed by atoms with Crippen LogP contribution in [0.3, 0.4) is 0 Å². The van der Waals surface area contributed by atoms with E-state index in [0.29, 0.717) is 5.69 Å². The second-order valence-corrected chi connectivity index (χ2v) is 3.42. The van der Waals surface area contributed by atoms with Gasteiger partial charge in [-0.05, 0) is 26.0 Å². The number of hydrogen-bond acceptors (Lipinski definition) is 2.